The topological polar surface area (TPSA) is 37.4 Å². The molecule has 1 aromatic heterocycles. The third-order valence-electron chi connectivity index (χ3n) is 3.96. The van der Waals surface area contributed by atoms with Crippen molar-refractivity contribution in [2.45, 2.75) is 32.7 Å². The maximum absolute atomic E-state index is 6.24. The molecule has 0 spiro atoms. The quantitative estimate of drug-likeness (QED) is 0.785. The van der Waals surface area contributed by atoms with Crippen molar-refractivity contribution < 1.29 is 4.74 Å². The second kappa shape index (κ2) is 8.57. The summed E-state index contributed by atoms with van der Waals surface area (Å²) in [5.74, 6) is 1.73. The number of piperidine rings is 1. The summed E-state index contributed by atoms with van der Waals surface area (Å²) >= 11 is 6.24. The van der Waals surface area contributed by atoms with E-state index in [1.165, 1.54) is 12.8 Å². The minimum atomic E-state index is 0.684. The Morgan fingerprint density at radius 3 is 2.81 bits per heavy atom. The molecule has 1 fully saturated rings. The van der Waals surface area contributed by atoms with Crippen LogP contribution in [0, 0.1) is 5.92 Å². The van der Waals surface area contributed by atoms with Gasteiger partial charge in [-0.15, -0.1) is 0 Å². The fourth-order valence-electron chi connectivity index (χ4n) is 2.72. The number of rotatable bonds is 7. The molecule has 0 amide bonds. The molecule has 1 N–H and O–H groups in total. The highest BCUT2D eigenvalue weighted by Crippen LogP contribution is 2.24. The fourth-order valence-corrected chi connectivity index (χ4v) is 2.89. The van der Waals surface area contributed by atoms with E-state index in [1.807, 2.05) is 12.1 Å². The number of hydrogen-bond acceptors (Lipinski definition) is 4. The molecule has 21 heavy (non-hydrogen) atoms. The highest BCUT2D eigenvalue weighted by Gasteiger charge is 2.20. The van der Waals surface area contributed by atoms with Crippen LogP contribution in [0.5, 0.6) is 0 Å². The van der Waals surface area contributed by atoms with Gasteiger partial charge in [0.1, 0.15) is 5.82 Å². The molecular weight excluding hydrogens is 286 g/mol. The van der Waals surface area contributed by atoms with E-state index in [2.05, 4.69) is 17.1 Å². The van der Waals surface area contributed by atoms with E-state index in [4.69, 9.17) is 21.3 Å². The summed E-state index contributed by atoms with van der Waals surface area (Å²) in [5, 5.41) is 4.11. The third-order valence-corrected chi connectivity index (χ3v) is 4.31. The van der Waals surface area contributed by atoms with Crippen LogP contribution in [0.1, 0.15) is 31.9 Å². The molecule has 0 bridgehead atoms. The predicted octanol–water partition coefficient (Wildman–Crippen LogP) is 3.10. The smallest absolute Gasteiger partial charge is 0.128 e. The summed E-state index contributed by atoms with van der Waals surface area (Å²) in [7, 11) is 1.78. The summed E-state index contributed by atoms with van der Waals surface area (Å²) in [4.78, 5) is 7.09. The number of nitrogens with zero attached hydrogens (tertiary/aromatic N) is 2. The van der Waals surface area contributed by atoms with Crippen LogP contribution in [0.4, 0.5) is 5.82 Å². The monoisotopic (exact) mass is 311 g/mol. The summed E-state index contributed by atoms with van der Waals surface area (Å²) in [6.45, 7) is 6.84. The molecular formula is C16H26ClN3O. The molecule has 0 aliphatic carbocycles. The Bertz CT molecular complexity index is 434. The van der Waals surface area contributed by atoms with E-state index in [0.29, 0.717) is 5.92 Å². The Hall–Kier alpha value is -0.840. The first kappa shape index (κ1) is 16.5. The molecule has 0 unspecified atom stereocenters. The van der Waals surface area contributed by atoms with E-state index in [9.17, 15) is 0 Å². The van der Waals surface area contributed by atoms with Gasteiger partial charge in [-0.1, -0.05) is 18.5 Å². The average Bonchev–Trinajstić information content (AvgIpc) is 2.51. The number of nitrogens with one attached hydrogen (secondary N) is 1. The van der Waals surface area contributed by atoms with Gasteiger partial charge in [-0.25, -0.2) is 4.98 Å². The minimum absolute atomic E-state index is 0.684. The van der Waals surface area contributed by atoms with Gasteiger partial charge >= 0.3 is 0 Å². The minimum Gasteiger partial charge on any atom is -0.384 e. The molecule has 5 heteroatoms. The van der Waals surface area contributed by atoms with Crippen molar-refractivity contribution >= 4 is 17.4 Å². The Kier molecular flexibility index (Phi) is 6.74. The third kappa shape index (κ3) is 4.83. The lowest BCUT2D eigenvalue weighted by molar-refractivity contribution is 0.139. The highest BCUT2D eigenvalue weighted by atomic mass is 35.5. The first-order valence-corrected chi connectivity index (χ1v) is 8.22. The Labute approximate surface area is 132 Å². The van der Waals surface area contributed by atoms with Gasteiger partial charge in [0.25, 0.3) is 0 Å². The van der Waals surface area contributed by atoms with Gasteiger partial charge in [0, 0.05) is 33.4 Å². The van der Waals surface area contributed by atoms with Gasteiger partial charge in [-0.05, 0) is 43.9 Å². The molecule has 4 nitrogen and oxygen atoms in total. The van der Waals surface area contributed by atoms with E-state index in [1.54, 1.807) is 7.11 Å². The van der Waals surface area contributed by atoms with Gasteiger partial charge < -0.3 is 15.0 Å². The van der Waals surface area contributed by atoms with E-state index in [0.717, 1.165) is 55.7 Å². The van der Waals surface area contributed by atoms with Crippen LogP contribution in [0.3, 0.4) is 0 Å². The zero-order chi connectivity index (χ0) is 15.1. The predicted molar refractivity (Wildman–Crippen MR) is 88.1 cm³/mol. The number of aromatic nitrogens is 1. The average molecular weight is 312 g/mol. The fraction of sp³-hybridized carbons (Fsp3) is 0.688. The molecule has 1 aromatic rings. The maximum Gasteiger partial charge on any atom is 0.128 e. The number of pyridine rings is 1. The van der Waals surface area contributed by atoms with Crippen LogP contribution in [-0.2, 0) is 11.3 Å². The number of ether oxygens (including phenoxy) is 1. The van der Waals surface area contributed by atoms with Gasteiger partial charge in [0.2, 0.25) is 0 Å². The summed E-state index contributed by atoms with van der Waals surface area (Å²) in [6.07, 6.45) is 3.45. The molecule has 0 saturated carbocycles. The van der Waals surface area contributed by atoms with Crippen molar-refractivity contribution in [3.8, 4) is 0 Å². The molecule has 1 aliphatic rings. The van der Waals surface area contributed by atoms with Crippen molar-refractivity contribution in [1.29, 1.82) is 0 Å². The summed E-state index contributed by atoms with van der Waals surface area (Å²) < 4.78 is 5.25. The Morgan fingerprint density at radius 1 is 1.38 bits per heavy atom. The zero-order valence-electron chi connectivity index (χ0n) is 13.1. The van der Waals surface area contributed by atoms with Crippen molar-refractivity contribution in [2.24, 2.45) is 5.92 Å². The first-order chi connectivity index (χ1) is 10.2. The maximum atomic E-state index is 6.24. The Morgan fingerprint density at radius 2 is 2.14 bits per heavy atom. The molecule has 2 heterocycles. The van der Waals surface area contributed by atoms with Crippen molar-refractivity contribution in [2.75, 3.05) is 38.3 Å². The van der Waals surface area contributed by atoms with Crippen LogP contribution in [-0.4, -0.2) is 38.3 Å². The first-order valence-electron chi connectivity index (χ1n) is 7.84. The zero-order valence-corrected chi connectivity index (χ0v) is 13.8. The van der Waals surface area contributed by atoms with Gasteiger partial charge in [-0.2, -0.15) is 0 Å². The number of anilines is 1. The molecule has 0 radical (unpaired) electrons. The van der Waals surface area contributed by atoms with Gasteiger partial charge in [-0.3, -0.25) is 0 Å². The largest absolute Gasteiger partial charge is 0.384 e. The van der Waals surface area contributed by atoms with Crippen LogP contribution in [0.2, 0.25) is 5.02 Å². The van der Waals surface area contributed by atoms with Crippen LogP contribution >= 0.6 is 11.6 Å². The van der Waals surface area contributed by atoms with Gasteiger partial charge in [0.15, 0.2) is 0 Å². The van der Waals surface area contributed by atoms with Gasteiger partial charge in [0.05, 0.1) is 10.7 Å². The lowest BCUT2D eigenvalue weighted by atomic mass is 9.98. The standard InChI is InChI=1S/C16H26ClN3O/c1-3-8-18-11-15-14(17)4-5-16(19-15)20-9-6-13(7-10-20)12-21-2/h4-5,13,18H,3,6-12H2,1-2H3. The SMILES string of the molecule is CCCNCc1nc(N2CCC(COC)CC2)ccc1Cl. The van der Waals surface area contributed by atoms with E-state index < -0.39 is 0 Å². The molecule has 1 aliphatic heterocycles. The van der Waals surface area contributed by atoms with Crippen molar-refractivity contribution in [3.63, 3.8) is 0 Å². The molecule has 0 aromatic carbocycles. The summed E-state index contributed by atoms with van der Waals surface area (Å²) in [6, 6.07) is 4.00. The number of halogens is 1. The molecule has 1 saturated heterocycles. The number of hydrogen-bond donors (Lipinski definition) is 1. The molecule has 118 valence electrons. The second-order valence-electron chi connectivity index (χ2n) is 5.66. The van der Waals surface area contributed by atoms with Crippen molar-refractivity contribution in [3.05, 3.63) is 22.8 Å². The van der Waals surface area contributed by atoms with Crippen molar-refractivity contribution in [1.82, 2.24) is 10.3 Å². The Balaban J connectivity index is 1.95. The normalized spacial score (nSPS) is 16.4. The van der Waals surface area contributed by atoms with E-state index in [-0.39, 0.29) is 0 Å². The second-order valence-corrected chi connectivity index (χ2v) is 6.07. The van der Waals surface area contributed by atoms with Crippen LogP contribution in [0.25, 0.3) is 0 Å². The van der Waals surface area contributed by atoms with Crippen LogP contribution < -0.4 is 10.2 Å². The number of methoxy groups -OCH3 is 1. The van der Waals surface area contributed by atoms with Crippen LogP contribution in [0.15, 0.2) is 12.1 Å². The lowest BCUT2D eigenvalue weighted by Crippen LogP contribution is -2.35. The van der Waals surface area contributed by atoms with E-state index >= 15 is 0 Å². The molecule has 2 rings (SSSR count). The summed E-state index contributed by atoms with van der Waals surface area (Å²) in [5.41, 5.74) is 0.946. The lowest BCUT2D eigenvalue weighted by Gasteiger charge is -2.32. The molecule has 0 atom stereocenters. The highest BCUT2D eigenvalue weighted by molar-refractivity contribution is 6.31.